The van der Waals surface area contributed by atoms with Crippen LogP contribution in [0, 0.1) is 0 Å². The summed E-state index contributed by atoms with van der Waals surface area (Å²) in [5, 5.41) is 9.87. The zero-order valence-electron chi connectivity index (χ0n) is 10.5. The number of carbonyl (C=O) groups is 1. The van der Waals surface area contributed by atoms with Gasteiger partial charge in [0.1, 0.15) is 5.60 Å². The van der Waals surface area contributed by atoms with E-state index in [1.165, 1.54) is 0 Å². The lowest BCUT2D eigenvalue weighted by molar-refractivity contribution is -0.158. The van der Waals surface area contributed by atoms with Crippen LogP contribution in [0.15, 0.2) is 11.6 Å². The Balaban J connectivity index is 4.36. The lowest BCUT2D eigenvalue weighted by Crippen LogP contribution is -2.31. The lowest BCUT2D eigenvalue weighted by atomic mass is 10.00. The van der Waals surface area contributed by atoms with E-state index in [0.717, 1.165) is 5.57 Å². The Morgan fingerprint density at radius 1 is 1.27 bits per heavy atom. The van der Waals surface area contributed by atoms with Crippen molar-refractivity contribution in [1.82, 2.24) is 0 Å². The summed E-state index contributed by atoms with van der Waals surface area (Å²) < 4.78 is 5.13. The van der Waals surface area contributed by atoms with Crippen molar-refractivity contribution in [3.8, 4) is 0 Å². The van der Waals surface area contributed by atoms with Crippen LogP contribution in [0.2, 0.25) is 0 Å². The first-order valence-corrected chi connectivity index (χ1v) is 5.12. The van der Waals surface area contributed by atoms with Crippen molar-refractivity contribution in [3.05, 3.63) is 11.6 Å². The molecule has 0 spiro atoms. The highest BCUT2D eigenvalue weighted by molar-refractivity contribution is 5.71. The molecule has 3 nitrogen and oxygen atoms in total. The molecule has 0 bridgehead atoms. The number of hydrogen-bond acceptors (Lipinski definition) is 3. The number of carbonyl (C=O) groups excluding carboxylic acids is 1. The van der Waals surface area contributed by atoms with Crippen molar-refractivity contribution < 1.29 is 14.6 Å². The average Bonchev–Trinajstić information content (AvgIpc) is 1.73. The first-order chi connectivity index (χ1) is 6.52. The first kappa shape index (κ1) is 14.2. The van der Waals surface area contributed by atoms with Gasteiger partial charge in [0, 0.05) is 0 Å². The Labute approximate surface area is 92.1 Å². The largest absolute Gasteiger partial charge is 0.460 e. The van der Waals surface area contributed by atoms with Gasteiger partial charge in [0.05, 0.1) is 12.0 Å². The molecule has 0 rings (SSSR count). The molecule has 1 atom stereocenters. The number of allylic oxidation sites excluding steroid dienone is 1. The Bertz CT molecular complexity index is 253. The van der Waals surface area contributed by atoms with Crippen LogP contribution in [-0.4, -0.2) is 22.3 Å². The molecule has 0 aromatic heterocycles. The molecule has 0 aliphatic heterocycles. The van der Waals surface area contributed by atoms with E-state index >= 15 is 0 Å². The SMILES string of the molecule is CC(C)=CC(C)(O)CC(=O)OC(C)(C)C. The summed E-state index contributed by atoms with van der Waals surface area (Å²) in [6, 6.07) is 0. The van der Waals surface area contributed by atoms with Crippen LogP contribution in [0.1, 0.15) is 48.0 Å². The van der Waals surface area contributed by atoms with Gasteiger partial charge in [-0.15, -0.1) is 0 Å². The predicted molar refractivity (Wildman–Crippen MR) is 60.5 cm³/mol. The van der Waals surface area contributed by atoms with Gasteiger partial charge in [0.25, 0.3) is 0 Å². The second kappa shape index (κ2) is 4.79. The van der Waals surface area contributed by atoms with Crippen LogP contribution in [0.5, 0.6) is 0 Å². The quantitative estimate of drug-likeness (QED) is 0.579. The molecular formula is C12H22O3. The van der Waals surface area contributed by atoms with Gasteiger partial charge in [0.2, 0.25) is 0 Å². The molecule has 0 heterocycles. The van der Waals surface area contributed by atoms with Gasteiger partial charge in [-0.25, -0.2) is 0 Å². The molecule has 0 saturated heterocycles. The normalized spacial score (nSPS) is 15.4. The number of hydrogen-bond donors (Lipinski definition) is 1. The van der Waals surface area contributed by atoms with Gasteiger partial charge in [-0.3, -0.25) is 4.79 Å². The highest BCUT2D eigenvalue weighted by atomic mass is 16.6. The maximum atomic E-state index is 11.4. The molecular weight excluding hydrogens is 192 g/mol. The standard InChI is InChI=1S/C12H22O3/c1-9(2)7-12(6,14)8-10(13)15-11(3,4)5/h7,14H,8H2,1-6H3. The van der Waals surface area contributed by atoms with Crippen molar-refractivity contribution in [1.29, 1.82) is 0 Å². The van der Waals surface area contributed by atoms with Crippen LogP contribution in [-0.2, 0) is 9.53 Å². The van der Waals surface area contributed by atoms with Crippen LogP contribution in [0.25, 0.3) is 0 Å². The third-order valence-corrected chi connectivity index (χ3v) is 1.52. The van der Waals surface area contributed by atoms with Crippen molar-refractivity contribution >= 4 is 5.97 Å². The van der Waals surface area contributed by atoms with E-state index in [-0.39, 0.29) is 12.4 Å². The monoisotopic (exact) mass is 214 g/mol. The maximum Gasteiger partial charge on any atom is 0.309 e. The van der Waals surface area contributed by atoms with Gasteiger partial charge in [-0.1, -0.05) is 11.6 Å². The summed E-state index contributed by atoms with van der Waals surface area (Å²) in [6.07, 6.45) is 1.65. The van der Waals surface area contributed by atoms with E-state index < -0.39 is 11.2 Å². The van der Waals surface area contributed by atoms with Gasteiger partial charge >= 0.3 is 5.97 Å². The van der Waals surface area contributed by atoms with E-state index in [1.54, 1.807) is 33.8 Å². The zero-order chi connectivity index (χ0) is 12.3. The van der Waals surface area contributed by atoms with Gasteiger partial charge in [-0.2, -0.15) is 0 Å². The van der Waals surface area contributed by atoms with Crippen LogP contribution in [0.4, 0.5) is 0 Å². The molecule has 0 aromatic rings. The van der Waals surface area contributed by atoms with E-state index in [9.17, 15) is 9.90 Å². The third-order valence-electron chi connectivity index (χ3n) is 1.52. The number of rotatable bonds is 3. The Morgan fingerprint density at radius 3 is 2.07 bits per heavy atom. The summed E-state index contributed by atoms with van der Waals surface area (Å²) in [6.45, 7) is 10.8. The summed E-state index contributed by atoms with van der Waals surface area (Å²) in [7, 11) is 0. The van der Waals surface area contributed by atoms with E-state index in [2.05, 4.69) is 0 Å². The number of esters is 1. The first-order valence-electron chi connectivity index (χ1n) is 5.12. The second-order valence-electron chi connectivity index (χ2n) is 5.34. The molecule has 0 aliphatic rings. The Hall–Kier alpha value is -0.830. The van der Waals surface area contributed by atoms with Crippen molar-refractivity contribution in [3.63, 3.8) is 0 Å². The van der Waals surface area contributed by atoms with Gasteiger partial charge in [-0.05, 0) is 41.5 Å². The van der Waals surface area contributed by atoms with Crippen molar-refractivity contribution in [2.45, 2.75) is 59.2 Å². The maximum absolute atomic E-state index is 11.4. The van der Waals surface area contributed by atoms with Crippen LogP contribution >= 0.6 is 0 Å². The van der Waals surface area contributed by atoms with E-state index in [0.29, 0.717) is 0 Å². The van der Waals surface area contributed by atoms with Crippen LogP contribution in [0.3, 0.4) is 0 Å². The van der Waals surface area contributed by atoms with Gasteiger partial charge < -0.3 is 9.84 Å². The fourth-order valence-corrected chi connectivity index (χ4v) is 1.34. The predicted octanol–water partition coefficient (Wildman–Crippen LogP) is 2.44. The summed E-state index contributed by atoms with van der Waals surface area (Å²) in [5.74, 6) is -0.384. The lowest BCUT2D eigenvalue weighted by Gasteiger charge is -2.23. The highest BCUT2D eigenvalue weighted by Crippen LogP contribution is 2.17. The van der Waals surface area contributed by atoms with Gasteiger partial charge in [0.15, 0.2) is 0 Å². The van der Waals surface area contributed by atoms with Crippen molar-refractivity contribution in [2.24, 2.45) is 0 Å². The fourth-order valence-electron chi connectivity index (χ4n) is 1.34. The smallest absolute Gasteiger partial charge is 0.309 e. The summed E-state index contributed by atoms with van der Waals surface area (Å²) in [4.78, 5) is 11.4. The second-order valence-corrected chi connectivity index (χ2v) is 5.34. The minimum atomic E-state index is -1.12. The van der Waals surface area contributed by atoms with Crippen molar-refractivity contribution in [2.75, 3.05) is 0 Å². The molecule has 0 aliphatic carbocycles. The third kappa shape index (κ3) is 8.18. The fraction of sp³-hybridized carbons (Fsp3) is 0.750. The Morgan fingerprint density at radius 2 is 1.73 bits per heavy atom. The molecule has 3 heteroatoms. The molecule has 15 heavy (non-hydrogen) atoms. The Kier molecular flexibility index (Phi) is 4.53. The van der Waals surface area contributed by atoms with E-state index in [1.807, 2.05) is 13.8 Å². The minimum absolute atomic E-state index is 0.0184. The number of ether oxygens (including phenoxy) is 1. The number of aliphatic hydroxyl groups is 1. The minimum Gasteiger partial charge on any atom is -0.460 e. The zero-order valence-corrected chi connectivity index (χ0v) is 10.5. The molecule has 0 fully saturated rings. The summed E-state index contributed by atoms with van der Waals surface area (Å²) in [5.41, 5.74) is -0.650. The summed E-state index contributed by atoms with van der Waals surface area (Å²) >= 11 is 0. The molecule has 1 unspecified atom stereocenters. The highest BCUT2D eigenvalue weighted by Gasteiger charge is 2.25. The molecule has 1 N–H and O–H groups in total. The molecule has 0 aromatic carbocycles. The molecule has 0 radical (unpaired) electrons. The molecule has 0 amide bonds. The van der Waals surface area contributed by atoms with Crippen LogP contribution < -0.4 is 0 Å². The topological polar surface area (TPSA) is 46.5 Å². The average molecular weight is 214 g/mol. The molecule has 0 saturated carbocycles. The molecule has 88 valence electrons. The van der Waals surface area contributed by atoms with E-state index in [4.69, 9.17) is 4.74 Å².